The van der Waals surface area contributed by atoms with Crippen LogP contribution in [0, 0.1) is 0 Å². The third kappa shape index (κ3) is 3.78. The van der Waals surface area contributed by atoms with Crippen molar-refractivity contribution in [3.05, 3.63) is 48.0 Å². The number of aryl methyl sites for hydroxylation is 1. The Labute approximate surface area is 124 Å². The predicted octanol–water partition coefficient (Wildman–Crippen LogP) is 2.78. The molecule has 1 aromatic heterocycles. The molecule has 0 fully saturated rings. The summed E-state index contributed by atoms with van der Waals surface area (Å²) in [6, 6.07) is 6.87. The molecule has 21 heavy (non-hydrogen) atoms. The van der Waals surface area contributed by atoms with Crippen molar-refractivity contribution in [2.24, 2.45) is 7.05 Å². The van der Waals surface area contributed by atoms with Gasteiger partial charge in [0, 0.05) is 37.1 Å². The molecule has 1 N–H and O–H groups in total. The zero-order valence-electron chi connectivity index (χ0n) is 12.3. The van der Waals surface area contributed by atoms with Crippen LogP contribution in [0.4, 0.5) is 5.69 Å². The van der Waals surface area contributed by atoms with Crippen LogP contribution in [0.15, 0.2) is 36.7 Å². The number of nitrogens with one attached hydrogen (secondary N) is 1. The lowest BCUT2D eigenvalue weighted by Crippen LogP contribution is -2.12. The first-order chi connectivity index (χ1) is 10.1. The molecular weight excluding hydrogens is 266 g/mol. The molecule has 0 bridgehead atoms. The summed E-state index contributed by atoms with van der Waals surface area (Å²) in [7, 11) is 1.78. The molecule has 0 unspecified atom stereocenters. The van der Waals surface area contributed by atoms with Crippen LogP contribution in [0.3, 0.4) is 0 Å². The summed E-state index contributed by atoms with van der Waals surface area (Å²) in [5.41, 5.74) is 1.25. The molecule has 0 aliphatic carbocycles. The zero-order chi connectivity index (χ0) is 15.2. The zero-order valence-corrected chi connectivity index (χ0v) is 12.3. The highest BCUT2D eigenvalue weighted by Crippen LogP contribution is 2.13. The first-order valence-corrected chi connectivity index (χ1v) is 7.03. The van der Waals surface area contributed by atoms with Gasteiger partial charge >= 0.3 is 0 Å². The van der Waals surface area contributed by atoms with Crippen LogP contribution >= 0.6 is 0 Å². The van der Waals surface area contributed by atoms with E-state index in [1.165, 1.54) is 0 Å². The van der Waals surface area contributed by atoms with Gasteiger partial charge in [-0.3, -0.25) is 9.59 Å². The molecule has 5 nitrogen and oxygen atoms in total. The topological polar surface area (TPSA) is 64.0 Å². The molecule has 1 aromatic carbocycles. The first kappa shape index (κ1) is 15.0. The van der Waals surface area contributed by atoms with Gasteiger partial charge in [-0.25, -0.2) is 4.98 Å². The average molecular weight is 285 g/mol. The number of amides is 1. The summed E-state index contributed by atoms with van der Waals surface area (Å²) < 4.78 is 1.68. The number of ketones is 1. The maximum Gasteiger partial charge on any atom is 0.228 e. The summed E-state index contributed by atoms with van der Waals surface area (Å²) in [6.07, 6.45) is 5.71. The molecule has 2 aromatic rings. The largest absolute Gasteiger partial charge is 0.331 e. The van der Waals surface area contributed by atoms with Gasteiger partial charge in [0.15, 0.2) is 5.82 Å². The number of imidazole rings is 1. The fourth-order valence-electron chi connectivity index (χ4n) is 1.98. The van der Waals surface area contributed by atoms with Crippen LogP contribution in [-0.4, -0.2) is 21.2 Å². The molecule has 0 radical (unpaired) electrons. The second kappa shape index (κ2) is 6.83. The Morgan fingerprint density at radius 1 is 1.24 bits per heavy atom. The van der Waals surface area contributed by atoms with E-state index in [9.17, 15) is 9.59 Å². The average Bonchev–Trinajstić information content (AvgIpc) is 2.91. The Bertz CT molecular complexity index is 629. The van der Waals surface area contributed by atoms with Gasteiger partial charge in [-0.2, -0.15) is 0 Å². The van der Waals surface area contributed by atoms with Crippen LogP contribution in [0.2, 0.25) is 0 Å². The van der Waals surface area contributed by atoms with E-state index in [1.54, 1.807) is 48.3 Å². The van der Waals surface area contributed by atoms with Crippen molar-refractivity contribution in [1.29, 1.82) is 0 Å². The SMILES string of the molecule is CCCCC(=O)Nc1ccc(C(=O)c2nccn2C)cc1. The van der Waals surface area contributed by atoms with Gasteiger partial charge in [0.1, 0.15) is 0 Å². The van der Waals surface area contributed by atoms with Crippen molar-refractivity contribution in [1.82, 2.24) is 9.55 Å². The van der Waals surface area contributed by atoms with Gasteiger partial charge in [0.05, 0.1) is 0 Å². The number of unbranched alkanes of at least 4 members (excludes halogenated alkanes) is 1. The Morgan fingerprint density at radius 2 is 1.95 bits per heavy atom. The molecule has 1 amide bonds. The Morgan fingerprint density at radius 3 is 2.52 bits per heavy atom. The summed E-state index contributed by atoms with van der Waals surface area (Å²) in [5, 5.41) is 2.82. The third-order valence-corrected chi connectivity index (χ3v) is 3.21. The van der Waals surface area contributed by atoms with Crippen molar-refractivity contribution in [2.75, 3.05) is 5.32 Å². The van der Waals surface area contributed by atoms with E-state index < -0.39 is 0 Å². The maximum atomic E-state index is 12.2. The molecule has 2 rings (SSSR count). The lowest BCUT2D eigenvalue weighted by atomic mass is 10.1. The Kier molecular flexibility index (Phi) is 4.87. The minimum Gasteiger partial charge on any atom is -0.331 e. The molecule has 0 aliphatic heterocycles. The summed E-state index contributed by atoms with van der Waals surface area (Å²) >= 11 is 0. The van der Waals surface area contributed by atoms with E-state index in [0.29, 0.717) is 23.5 Å². The normalized spacial score (nSPS) is 10.4. The van der Waals surface area contributed by atoms with Crippen molar-refractivity contribution in [3.63, 3.8) is 0 Å². The van der Waals surface area contributed by atoms with E-state index in [2.05, 4.69) is 10.3 Å². The van der Waals surface area contributed by atoms with E-state index in [0.717, 1.165) is 12.8 Å². The van der Waals surface area contributed by atoms with Gasteiger partial charge in [0.2, 0.25) is 11.7 Å². The second-order valence-electron chi connectivity index (χ2n) is 4.92. The van der Waals surface area contributed by atoms with E-state index >= 15 is 0 Å². The quantitative estimate of drug-likeness (QED) is 0.830. The second-order valence-corrected chi connectivity index (χ2v) is 4.92. The minimum absolute atomic E-state index is 0.0000257. The number of anilines is 1. The molecular formula is C16H19N3O2. The lowest BCUT2D eigenvalue weighted by Gasteiger charge is -2.06. The predicted molar refractivity (Wildman–Crippen MR) is 81.2 cm³/mol. The minimum atomic E-state index is -0.133. The molecule has 0 atom stereocenters. The summed E-state index contributed by atoms with van der Waals surface area (Å²) in [5.74, 6) is 0.265. The summed E-state index contributed by atoms with van der Waals surface area (Å²) in [4.78, 5) is 27.9. The van der Waals surface area contributed by atoms with Gasteiger partial charge in [-0.1, -0.05) is 13.3 Å². The molecule has 1 heterocycles. The Hall–Kier alpha value is -2.43. The number of aromatic nitrogens is 2. The number of hydrogen-bond acceptors (Lipinski definition) is 3. The molecule has 110 valence electrons. The third-order valence-electron chi connectivity index (χ3n) is 3.21. The smallest absolute Gasteiger partial charge is 0.228 e. The number of nitrogens with zero attached hydrogens (tertiary/aromatic N) is 2. The van der Waals surface area contributed by atoms with Crippen molar-refractivity contribution < 1.29 is 9.59 Å². The first-order valence-electron chi connectivity index (χ1n) is 7.03. The number of hydrogen-bond donors (Lipinski definition) is 1. The van der Waals surface area contributed by atoms with Gasteiger partial charge in [-0.15, -0.1) is 0 Å². The number of carbonyl (C=O) groups is 2. The Balaban J connectivity index is 2.04. The summed E-state index contributed by atoms with van der Waals surface area (Å²) in [6.45, 7) is 2.05. The van der Waals surface area contributed by atoms with Gasteiger partial charge in [-0.05, 0) is 30.7 Å². The van der Waals surface area contributed by atoms with Gasteiger partial charge < -0.3 is 9.88 Å². The highest BCUT2D eigenvalue weighted by molar-refractivity contribution is 6.07. The van der Waals surface area contributed by atoms with Crippen LogP contribution in [0.1, 0.15) is 42.4 Å². The maximum absolute atomic E-state index is 12.2. The van der Waals surface area contributed by atoms with Crippen molar-refractivity contribution in [3.8, 4) is 0 Å². The molecule has 0 saturated heterocycles. The lowest BCUT2D eigenvalue weighted by molar-refractivity contribution is -0.116. The van der Waals surface area contributed by atoms with Crippen LogP contribution < -0.4 is 5.32 Å². The highest BCUT2D eigenvalue weighted by Gasteiger charge is 2.13. The van der Waals surface area contributed by atoms with E-state index in [4.69, 9.17) is 0 Å². The highest BCUT2D eigenvalue weighted by atomic mass is 16.1. The molecule has 0 spiro atoms. The number of benzene rings is 1. The van der Waals surface area contributed by atoms with Crippen molar-refractivity contribution in [2.45, 2.75) is 26.2 Å². The standard InChI is InChI=1S/C16H19N3O2/c1-3-4-5-14(20)18-13-8-6-12(7-9-13)15(21)16-17-10-11-19(16)2/h6-11H,3-5H2,1-2H3,(H,18,20). The molecule has 0 saturated carbocycles. The number of carbonyl (C=O) groups excluding carboxylic acids is 2. The monoisotopic (exact) mass is 285 g/mol. The fourth-order valence-corrected chi connectivity index (χ4v) is 1.98. The molecule has 5 heteroatoms. The van der Waals surface area contributed by atoms with E-state index in [1.807, 2.05) is 6.92 Å². The van der Waals surface area contributed by atoms with Gasteiger partial charge in [0.25, 0.3) is 0 Å². The van der Waals surface area contributed by atoms with Crippen LogP contribution in [0.25, 0.3) is 0 Å². The number of rotatable bonds is 6. The van der Waals surface area contributed by atoms with Crippen LogP contribution in [0.5, 0.6) is 0 Å². The van der Waals surface area contributed by atoms with Crippen molar-refractivity contribution >= 4 is 17.4 Å². The molecule has 0 aliphatic rings. The van der Waals surface area contributed by atoms with E-state index in [-0.39, 0.29) is 11.7 Å². The fraction of sp³-hybridized carbons (Fsp3) is 0.312. The van der Waals surface area contributed by atoms with Crippen LogP contribution in [-0.2, 0) is 11.8 Å².